The van der Waals surface area contributed by atoms with Crippen molar-refractivity contribution in [3.8, 4) is 6.07 Å². The Morgan fingerprint density at radius 3 is 2.60 bits per heavy atom. The molecule has 0 spiro atoms. The molecule has 0 amide bonds. The van der Waals surface area contributed by atoms with E-state index in [-0.39, 0.29) is 11.1 Å². The highest BCUT2D eigenvalue weighted by Crippen LogP contribution is 2.37. The number of pyridine rings is 1. The molecule has 1 saturated heterocycles. The van der Waals surface area contributed by atoms with Crippen LogP contribution in [-0.2, 0) is 13.6 Å². The van der Waals surface area contributed by atoms with Gasteiger partial charge in [-0.05, 0) is 67.4 Å². The average molecular weight is 602 g/mol. The molecular weight excluding hydrogens is 574 g/mol. The molecule has 8 nitrogen and oxygen atoms in total. The third-order valence-corrected chi connectivity index (χ3v) is 7.93. The third-order valence-electron chi connectivity index (χ3n) is 7.35. The van der Waals surface area contributed by atoms with Gasteiger partial charge < -0.3 is 10.6 Å². The minimum atomic E-state index is -0.531. The van der Waals surface area contributed by atoms with Crippen molar-refractivity contribution in [3.05, 3.63) is 105 Å². The molecule has 3 aromatic carbocycles. The lowest BCUT2D eigenvalue weighted by Crippen LogP contribution is -2.19. The summed E-state index contributed by atoms with van der Waals surface area (Å²) in [6, 6.07) is 18.3. The molecule has 1 aliphatic heterocycles. The molecular formula is C31H27Cl2FN8. The van der Waals surface area contributed by atoms with Crippen LogP contribution in [0.2, 0.25) is 10.0 Å². The van der Waals surface area contributed by atoms with Crippen molar-refractivity contribution in [1.29, 1.82) is 5.26 Å². The van der Waals surface area contributed by atoms with Crippen LogP contribution in [0.5, 0.6) is 0 Å². The fraction of sp³-hybridized carbons (Fsp3) is 0.226. The van der Waals surface area contributed by atoms with Crippen LogP contribution in [0.25, 0.3) is 10.9 Å². The van der Waals surface area contributed by atoms with Gasteiger partial charge >= 0.3 is 0 Å². The fourth-order valence-electron chi connectivity index (χ4n) is 5.34. The number of anilines is 3. The molecule has 212 valence electrons. The predicted molar refractivity (Wildman–Crippen MR) is 164 cm³/mol. The van der Waals surface area contributed by atoms with E-state index in [0.29, 0.717) is 38.6 Å². The van der Waals surface area contributed by atoms with E-state index in [9.17, 15) is 9.65 Å². The van der Waals surface area contributed by atoms with Crippen molar-refractivity contribution in [2.45, 2.75) is 25.4 Å². The maximum atomic E-state index is 13.8. The highest BCUT2D eigenvalue weighted by atomic mass is 35.5. The van der Waals surface area contributed by atoms with Gasteiger partial charge in [-0.2, -0.15) is 5.26 Å². The number of benzene rings is 3. The summed E-state index contributed by atoms with van der Waals surface area (Å²) in [5.41, 5.74) is 5.53. The lowest BCUT2D eigenvalue weighted by atomic mass is 10.0. The second-order valence-corrected chi connectivity index (χ2v) is 11.2. The number of nitrogens with one attached hydrogen (secondary N) is 2. The molecule has 6 rings (SSSR count). The fourth-order valence-corrected chi connectivity index (χ4v) is 5.79. The first kappa shape index (κ1) is 27.9. The van der Waals surface area contributed by atoms with Crippen LogP contribution in [-0.4, -0.2) is 38.0 Å². The molecule has 42 heavy (non-hydrogen) atoms. The van der Waals surface area contributed by atoms with Gasteiger partial charge in [-0.15, -0.1) is 5.10 Å². The lowest BCUT2D eigenvalue weighted by Gasteiger charge is -2.21. The molecule has 0 unspecified atom stereocenters. The van der Waals surface area contributed by atoms with Crippen LogP contribution in [0, 0.1) is 17.1 Å². The molecule has 0 aliphatic carbocycles. The maximum Gasteiger partial charge on any atom is 0.141 e. The Bertz CT molecular complexity index is 1810. The number of likely N-dealkylation sites (tertiary alicyclic amines) is 1. The standard InChI is InChI=1S/C31H27Cl2FN8/c1-41-18-28(39-40-41)30(20-6-4-5-19(11-20)17-42-9-2-3-10-42)38-23-12-24-29(37-22-7-8-27(34)25(32)13-22)21(15-35)16-36-31(24)26(33)14-23/h4-8,11-14,16,18,30,38H,2-3,9-10,17H2,1H3,(H,36,37)/t30-/m0/s1. The second kappa shape index (κ2) is 11.9. The number of aromatic nitrogens is 4. The zero-order valence-electron chi connectivity index (χ0n) is 22.8. The van der Waals surface area contributed by atoms with Crippen molar-refractivity contribution >= 4 is 51.2 Å². The number of aryl methyl sites for hydroxylation is 1. The van der Waals surface area contributed by atoms with E-state index in [0.717, 1.165) is 30.9 Å². The van der Waals surface area contributed by atoms with Crippen LogP contribution in [0.1, 0.15) is 41.3 Å². The van der Waals surface area contributed by atoms with Gasteiger partial charge in [-0.1, -0.05) is 52.7 Å². The van der Waals surface area contributed by atoms with Gasteiger partial charge in [0.15, 0.2) is 0 Å². The maximum absolute atomic E-state index is 13.8. The lowest BCUT2D eigenvalue weighted by molar-refractivity contribution is 0.331. The van der Waals surface area contributed by atoms with Crippen LogP contribution in [0.15, 0.2) is 67.0 Å². The number of halogens is 3. The van der Waals surface area contributed by atoms with E-state index in [4.69, 9.17) is 23.2 Å². The summed E-state index contributed by atoms with van der Waals surface area (Å²) in [4.78, 5) is 6.92. The Morgan fingerprint density at radius 1 is 1.05 bits per heavy atom. The van der Waals surface area contributed by atoms with Crippen LogP contribution < -0.4 is 10.6 Å². The summed E-state index contributed by atoms with van der Waals surface area (Å²) in [5.74, 6) is -0.531. The van der Waals surface area contributed by atoms with E-state index in [1.54, 1.807) is 16.8 Å². The second-order valence-electron chi connectivity index (χ2n) is 10.4. The molecule has 1 aliphatic rings. The molecule has 2 N–H and O–H groups in total. The summed E-state index contributed by atoms with van der Waals surface area (Å²) in [6.07, 6.45) is 5.82. The number of hydrogen-bond donors (Lipinski definition) is 2. The Hall–Kier alpha value is -4.23. The molecule has 0 radical (unpaired) electrons. The van der Waals surface area contributed by atoms with Crippen molar-refractivity contribution in [2.24, 2.45) is 7.05 Å². The van der Waals surface area contributed by atoms with Crippen molar-refractivity contribution < 1.29 is 4.39 Å². The SMILES string of the molecule is Cn1cc([C@@H](Nc2cc(Cl)c3ncc(C#N)c(Nc4ccc(F)c(Cl)c4)c3c2)c2cccc(CN3CCCC3)c2)nn1. The Kier molecular flexibility index (Phi) is 7.94. The van der Waals surface area contributed by atoms with Gasteiger partial charge in [0.05, 0.1) is 39.1 Å². The molecule has 0 saturated carbocycles. The monoisotopic (exact) mass is 600 g/mol. The molecule has 11 heteroatoms. The van der Waals surface area contributed by atoms with Gasteiger partial charge in [-0.25, -0.2) is 4.39 Å². The number of nitriles is 1. The van der Waals surface area contributed by atoms with Crippen molar-refractivity contribution in [1.82, 2.24) is 24.9 Å². The molecule has 1 atom stereocenters. The Labute approximate surface area is 252 Å². The summed E-state index contributed by atoms with van der Waals surface area (Å²) in [6.45, 7) is 3.13. The molecule has 3 heterocycles. The number of rotatable bonds is 8. The molecule has 2 aromatic heterocycles. The normalized spacial score (nSPS) is 14.2. The molecule has 0 bridgehead atoms. The number of nitrogens with zero attached hydrogens (tertiary/aromatic N) is 6. The quantitative estimate of drug-likeness (QED) is 0.194. The minimum Gasteiger partial charge on any atom is -0.373 e. The molecule has 5 aromatic rings. The van der Waals surface area contributed by atoms with Crippen molar-refractivity contribution in [3.63, 3.8) is 0 Å². The smallest absolute Gasteiger partial charge is 0.141 e. The molecule has 1 fully saturated rings. The first-order valence-electron chi connectivity index (χ1n) is 13.6. The summed E-state index contributed by atoms with van der Waals surface area (Å²) < 4.78 is 15.5. The zero-order valence-corrected chi connectivity index (χ0v) is 24.3. The average Bonchev–Trinajstić information content (AvgIpc) is 3.66. The van der Waals surface area contributed by atoms with E-state index < -0.39 is 5.82 Å². The topological polar surface area (TPSA) is 94.7 Å². The van der Waals surface area contributed by atoms with E-state index >= 15 is 0 Å². The van der Waals surface area contributed by atoms with E-state index in [1.165, 1.54) is 36.7 Å². The zero-order chi connectivity index (χ0) is 29.2. The van der Waals surface area contributed by atoms with Gasteiger partial charge in [0, 0.05) is 36.6 Å². The Morgan fingerprint density at radius 2 is 1.86 bits per heavy atom. The first-order chi connectivity index (χ1) is 20.4. The number of fused-ring (bicyclic) bond motifs is 1. The van der Waals surface area contributed by atoms with Gasteiger partial charge in [0.2, 0.25) is 0 Å². The summed E-state index contributed by atoms with van der Waals surface area (Å²) in [7, 11) is 1.83. The summed E-state index contributed by atoms with van der Waals surface area (Å²) in [5, 5.41) is 26.3. The van der Waals surface area contributed by atoms with E-state index in [1.807, 2.05) is 19.3 Å². The summed E-state index contributed by atoms with van der Waals surface area (Å²) >= 11 is 12.8. The van der Waals surface area contributed by atoms with Gasteiger partial charge in [-0.3, -0.25) is 14.6 Å². The van der Waals surface area contributed by atoms with E-state index in [2.05, 4.69) is 61.2 Å². The van der Waals surface area contributed by atoms with Crippen molar-refractivity contribution in [2.75, 3.05) is 23.7 Å². The largest absolute Gasteiger partial charge is 0.373 e. The highest BCUT2D eigenvalue weighted by Gasteiger charge is 2.21. The number of hydrogen-bond acceptors (Lipinski definition) is 7. The van der Waals surface area contributed by atoms with Crippen LogP contribution in [0.3, 0.4) is 0 Å². The van der Waals surface area contributed by atoms with Crippen LogP contribution >= 0.6 is 23.2 Å². The Balaban J connectivity index is 1.40. The highest BCUT2D eigenvalue weighted by molar-refractivity contribution is 6.36. The van der Waals surface area contributed by atoms with Gasteiger partial charge in [0.25, 0.3) is 0 Å². The predicted octanol–water partition coefficient (Wildman–Crippen LogP) is 7.22. The van der Waals surface area contributed by atoms with Crippen LogP contribution in [0.4, 0.5) is 21.5 Å². The van der Waals surface area contributed by atoms with Gasteiger partial charge in [0.1, 0.15) is 17.6 Å². The third kappa shape index (κ3) is 5.88. The minimum absolute atomic E-state index is 0.0315. The first-order valence-corrected chi connectivity index (χ1v) is 14.3.